The summed E-state index contributed by atoms with van der Waals surface area (Å²) < 4.78 is 16.2. The van der Waals surface area contributed by atoms with Crippen molar-refractivity contribution in [1.29, 1.82) is 0 Å². The zero-order chi connectivity index (χ0) is 20.6. The van der Waals surface area contributed by atoms with E-state index in [0.29, 0.717) is 27.8 Å². The number of methoxy groups -OCH3 is 1. The number of nitrogens with one attached hydrogen (secondary N) is 2. The second kappa shape index (κ2) is 7.01. The van der Waals surface area contributed by atoms with E-state index in [1.54, 1.807) is 55.5 Å². The van der Waals surface area contributed by atoms with Crippen molar-refractivity contribution >= 4 is 17.8 Å². The Labute approximate surface area is 166 Å². The molecule has 0 bridgehead atoms. The lowest BCUT2D eigenvalue weighted by molar-refractivity contribution is -0.143. The van der Waals surface area contributed by atoms with Gasteiger partial charge in [0.1, 0.15) is 17.9 Å². The lowest BCUT2D eigenvalue weighted by Gasteiger charge is -2.27. The summed E-state index contributed by atoms with van der Waals surface area (Å²) in [6.07, 6.45) is -1.00. The van der Waals surface area contributed by atoms with Gasteiger partial charge in [0, 0.05) is 0 Å². The molecule has 2 heterocycles. The van der Waals surface area contributed by atoms with E-state index in [9.17, 15) is 14.4 Å². The van der Waals surface area contributed by atoms with Crippen LogP contribution in [-0.4, -0.2) is 42.7 Å². The van der Waals surface area contributed by atoms with Gasteiger partial charge in [-0.2, -0.15) is 5.01 Å². The number of hydrogen-bond donors (Lipinski definition) is 2. The Bertz CT molecular complexity index is 976. The maximum atomic E-state index is 12.9. The van der Waals surface area contributed by atoms with Crippen LogP contribution in [0.3, 0.4) is 0 Å². The van der Waals surface area contributed by atoms with Gasteiger partial charge in [0.2, 0.25) is 6.10 Å². The molecule has 150 valence electrons. The SMILES string of the molecule is COc1ccc([C@@]2(C)NC(=O)N(NC(=O)[C@@H]3COc4ccccc4O3)C2=O)cc1. The predicted octanol–water partition coefficient (Wildman–Crippen LogP) is 1.33. The maximum absolute atomic E-state index is 12.9. The zero-order valence-electron chi connectivity index (χ0n) is 15.8. The molecule has 0 aliphatic carbocycles. The third kappa shape index (κ3) is 3.20. The minimum atomic E-state index is -1.33. The van der Waals surface area contributed by atoms with Crippen LogP contribution >= 0.6 is 0 Å². The number of hydrazine groups is 1. The van der Waals surface area contributed by atoms with Crippen molar-refractivity contribution in [3.05, 3.63) is 54.1 Å². The zero-order valence-corrected chi connectivity index (χ0v) is 15.8. The summed E-state index contributed by atoms with van der Waals surface area (Å²) in [7, 11) is 1.53. The van der Waals surface area contributed by atoms with Gasteiger partial charge in [-0.1, -0.05) is 24.3 Å². The van der Waals surface area contributed by atoms with Crippen LogP contribution in [0.5, 0.6) is 17.2 Å². The van der Waals surface area contributed by atoms with Crippen LogP contribution in [0, 0.1) is 0 Å². The summed E-state index contributed by atoms with van der Waals surface area (Å²) >= 11 is 0. The fourth-order valence-corrected chi connectivity index (χ4v) is 3.19. The van der Waals surface area contributed by atoms with Gasteiger partial charge >= 0.3 is 6.03 Å². The first-order valence-corrected chi connectivity index (χ1v) is 8.92. The highest BCUT2D eigenvalue weighted by Crippen LogP contribution is 2.32. The van der Waals surface area contributed by atoms with Gasteiger partial charge in [-0.05, 0) is 36.8 Å². The molecule has 0 radical (unpaired) electrons. The number of carbonyl (C=O) groups is 3. The van der Waals surface area contributed by atoms with E-state index in [-0.39, 0.29) is 6.61 Å². The monoisotopic (exact) mass is 397 g/mol. The molecule has 1 saturated heterocycles. The third-order valence-electron chi connectivity index (χ3n) is 4.88. The first-order chi connectivity index (χ1) is 13.9. The van der Waals surface area contributed by atoms with E-state index >= 15 is 0 Å². The molecule has 9 nitrogen and oxygen atoms in total. The molecular weight excluding hydrogens is 378 g/mol. The highest BCUT2D eigenvalue weighted by Gasteiger charge is 2.50. The average Bonchev–Trinajstić information content (AvgIpc) is 2.97. The lowest BCUT2D eigenvalue weighted by Crippen LogP contribution is -2.53. The molecule has 2 aliphatic rings. The quantitative estimate of drug-likeness (QED) is 0.754. The van der Waals surface area contributed by atoms with E-state index in [1.807, 2.05) is 0 Å². The first-order valence-electron chi connectivity index (χ1n) is 8.92. The number of imide groups is 1. The van der Waals surface area contributed by atoms with Crippen LogP contribution < -0.4 is 25.0 Å². The number of urea groups is 1. The van der Waals surface area contributed by atoms with Crippen LogP contribution in [0.15, 0.2) is 48.5 Å². The smallest absolute Gasteiger partial charge is 0.344 e. The summed E-state index contributed by atoms with van der Waals surface area (Å²) in [5, 5.41) is 3.28. The molecule has 2 aromatic carbocycles. The van der Waals surface area contributed by atoms with Gasteiger partial charge in [-0.25, -0.2) is 4.79 Å². The Balaban J connectivity index is 1.48. The van der Waals surface area contributed by atoms with E-state index in [4.69, 9.17) is 14.2 Å². The molecule has 4 rings (SSSR count). The number of fused-ring (bicyclic) bond motifs is 1. The van der Waals surface area contributed by atoms with Crippen LogP contribution in [0.25, 0.3) is 0 Å². The van der Waals surface area contributed by atoms with Crippen molar-refractivity contribution in [3.8, 4) is 17.2 Å². The minimum absolute atomic E-state index is 0.0394. The van der Waals surface area contributed by atoms with E-state index in [2.05, 4.69) is 10.7 Å². The molecule has 2 atom stereocenters. The number of hydrogen-bond acceptors (Lipinski definition) is 6. The number of amides is 4. The average molecular weight is 397 g/mol. The summed E-state index contributed by atoms with van der Waals surface area (Å²) in [5.41, 5.74) is 1.56. The van der Waals surface area contributed by atoms with Crippen molar-refractivity contribution < 1.29 is 28.6 Å². The second-order valence-electron chi connectivity index (χ2n) is 6.76. The van der Waals surface area contributed by atoms with Crippen LogP contribution in [0.2, 0.25) is 0 Å². The maximum Gasteiger partial charge on any atom is 0.344 e. The first kappa shape index (κ1) is 18.6. The third-order valence-corrected chi connectivity index (χ3v) is 4.88. The second-order valence-corrected chi connectivity index (χ2v) is 6.76. The molecule has 0 unspecified atom stereocenters. The highest BCUT2D eigenvalue weighted by atomic mass is 16.6. The molecule has 29 heavy (non-hydrogen) atoms. The van der Waals surface area contributed by atoms with Crippen LogP contribution in [0.1, 0.15) is 12.5 Å². The number of carbonyl (C=O) groups excluding carboxylic acids is 3. The highest BCUT2D eigenvalue weighted by molar-refractivity contribution is 6.08. The number of rotatable bonds is 4. The Kier molecular flexibility index (Phi) is 4.50. The largest absolute Gasteiger partial charge is 0.497 e. The summed E-state index contributed by atoms with van der Waals surface area (Å²) in [5.74, 6) is 0.284. The molecule has 1 fully saturated rings. The van der Waals surface area contributed by atoms with Crippen molar-refractivity contribution in [1.82, 2.24) is 15.8 Å². The predicted molar refractivity (Wildman–Crippen MR) is 100 cm³/mol. The topological polar surface area (TPSA) is 106 Å². The standard InChI is InChI=1S/C20H19N3O6/c1-20(12-7-9-13(27-2)10-8-12)18(25)23(19(26)21-20)22-17(24)16-11-28-14-5-3-4-6-15(14)29-16/h3-10,16H,11H2,1-2H3,(H,21,26)(H,22,24)/t16-,20+/m0/s1. The Morgan fingerprint density at radius 1 is 1.17 bits per heavy atom. The van der Waals surface area contributed by atoms with Gasteiger partial charge in [-0.3, -0.25) is 15.0 Å². The molecular formula is C20H19N3O6. The summed E-state index contributed by atoms with van der Waals surface area (Å²) in [6.45, 7) is 1.53. The van der Waals surface area contributed by atoms with Gasteiger partial charge in [0.25, 0.3) is 11.8 Å². The molecule has 2 N–H and O–H groups in total. The van der Waals surface area contributed by atoms with Crippen molar-refractivity contribution in [2.24, 2.45) is 0 Å². The summed E-state index contributed by atoms with van der Waals surface area (Å²) in [6, 6.07) is 12.9. The van der Waals surface area contributed by atoms with Crippen molar-refractivity contribution in [2.45, 2.75) is 18.6 Å². The molecule has 9 heteroatoms. The van der Waals surface area contributed by atoms with Crippen LogP contribution in [0.4, 0.5) is 4.79 Å². The van der Waals surface area contributed by atoms with E-state index in [0.717, 1.165) is 0 Å². The number of nitrogens with zero attached hydrogens (tertiary/aromatic N) is 1. The van der Waals surface area contributed by atoms with Crippen molar-refractivity contribution in [2.75, 3.05) is 13.7 Å². The fourth-order valence-electron chi connectivity index (χ4n) is 3.19. The van der Waals surface area contributed by atoms with Gasteiger partial charge in [0.15, 0.2) is 11.5 Å². The van der Waals surface area contributed by atoms with E-state index in [1.165, 1.54) is 7.11 Å². The minimum Gasteiger partial charge on any atom is -0.497 e. The lowest BCUT2D eigenvalue weighted by atomic mass is 9.92. The molecule has 2 aromatic rings. The van der Waals surface area contributed by atoms with Gasteiger partial charge < -0.3 is 19.5 Å². The van der Waals surface area contributed by atoms with Crippen molar-refractivity contribution in [3.63, 3.8) is 0 Å². The number of ether oxygens (including phenoxy) is 3. The van der Waals surface area contributed by atoms with Gasteiger partial charge in [0.05, 0.1) is 7.11 Å². The van der Waals surface area contributed by atoms with Gasteiger partial charge in [-0.15, -0.1) is 0 Å². The Hall–Kier alpha value is -3.75. The molecule has 4 amide bonds. The normalized spacial score (nSPS) is 22.8. The number of para-hydroxylation sites is 2. The molecule has 2 aliphatic heterocycles. The fraction of sp³-hybridized carbons (Fsp3) is 0.250. The van der Waals surface area contributed by atoms with E-state index < -0.39 is 29.5 Å². The number of benzene rings is 2. The molecule has 0 aromatic heterocycles. The molecule has 0 saturated carbocycles. The Morgan fingerprint density at radius 3 is 2.55 bits per heavy atom. The summed E-state index contributed by atoms with van der Waals surface area (Å²) in [4.78, 5) is 37.9. The van der Waals surface area contributed by atoms with Crippen LogP contribution in [-0.2, 0) is 15.1 Å². The molecule has 0 spiro atoms. The Morgan fingerprint density at radius 2 is 1.86 bits per heavy atom.